The Balaban J connectivity index is 2.11. The van der Waals surface area contributed by atoms with Crippen molar-refractivity contribution in [2.45, 2.75) is 32.1 Å². The molecule has 0 bridgehead atoms. The van der Waals surface area contributed by atoms with Crippen LogP contribution < -0.4 is 0 Å². The number of benzene rings is 2. The molecule has 2 aromatic carbocycles. The van der Waals surface area contributed by atoms with Crippen LogP contribution in [0.2, 0.25) is 0 Å². The van der Waals surface area contributed by atoms with Gasteiger partial charge in [-0.25, -0.2) is 8.42 Å². The standard InChI is InChI=1S/C21H28N2O3S/c1-4-22(17-16-18-10-8-7-9-11-18)21(24)19-12-14-20(15-13-19)27(25,26)23(5-2)6-3/h7-15H,4-6,16-17H2,1-3H3. The van der Waals surface area contributed by atoms with Gasteiger partial charge in [-0.15, -0.1) is 0 Å². The third kappa shape index (κ3) is 5.17. The van der Waals surface area contributed by atoms with Gasteiger partial charge in [0.2, 0.25) is 10.0 Å². The Morgan fingerprint density at radius 1 is 0.852 bits per heavy atom. The topological polar surface area (TPSA) is 57.7 Å². The van der Waals surface area contributed by atoms with E-state index in [2.05, 4.69) is 0 Å². The van der Waals surface area contributed by atoms with E-state index in [1.54, 1.807) is 17.0 Å². The van der Waals surface area contributed by atoms with Crippen molar-refractivity contribution in [2.24, 2.45) is 0 Å². The number of carbonyl (C=O) groups is 1. The van der Waals surface area contributed by atoms with E-state index in [4.69, 9.17) is 0 Å². The smallest absolute Gasteiger partial charge is 0.253 e. The molecule has 1 amide bonds. The second-order valence-electron chi connectivity index (χ2n) is 6.23. The van der Waals surface area contributed by atoms with E-state index in [-0.39, 0.29) is 10.8 Å². The molecule has 27 heavy (non-hydrogen) atoms. The Bertz CT molecular complexity index is 829. The van der Waals surface area contributed by atoms with Crippen LogP contribution in [0, 0.1) is 0 Å². The van der Waals surface area contributed by atoms with Crippen molar-refractivity contribution < 1.29 is 13.2 Å². The number of sulfonamides is 1. The molecule has 0 aromatic heterocycles. The summed E-state index contributed by atoms with van der Waals surface area (Å²) in [5.74, 6) is -0.0831. The van der Waals surface area contributed by atoms with Gasteiger partial charge in [-0.05, 0) is 43.2 Å². The van der Waals surface area contributed by atoms with Crippen LogP contribution in [0.25, 0.3) is 0 Å². The Morgan fingerprint density at radius 3 is 1.96 bits per heavy atom. The zero-order valence-corrected chi connectivity index (χ0v) is 17.1. The third-order valence-electron chi connectivity index (χ3n) is 4.63. The maximum absolute atomic E-state index is 12.8. The molecule has 0 N–H and O–H groups in total. The second-order valence-corrected chi connectivity index (χ2v) is 8.17. The Hall–Kier alpha value is -2.18. The molecule has 146 valence electrons. The molecular formula is C21H28N2O3S. The lowest BCUT2D eigenvalue weighted by Gasteiger charge is -2.22. The summed E-state index contributed by atoms with van der Waals surface area (Å²) in [4.78, 5) is 14.8. The normalized spacial score (nSPS) is 11.6. The Labute approximate surface area is 162 Å². The van der Waals surface area contributed by atoms with Gasteiger partial charge in [0.15, 0.2) is 0 Å². The summed E-state index contributed by atoms with van der Waals surface area (Å²) in [5.41, 5.74) is 1.69. The molecule has 0 saturated carbocycles. The average molecular weight is 389 g/mol. The first-order valence-corrected chi connectivity index (χ1v) is 10.8. The van der Waals surface area contributed by atoms with Crippen molar-refractivity contribution in [3.05, 3.63) is 65.7 Å². The third-order valence-corrected chi connectivity index (χ3v) is 6.69. The lowest BCUT2D eigenvalue weighted by atomic mass is 10.1. The van der Waals surface area contributed by atoms with Crippen LogP contribution in [0.3, 0.4) is 0 Å². The minimum absolute atomic E-state index is 0.0831. The molecule has 0 unspecified atom stereocenters. The number of nitrogens with zero attached hydrogens (tertiary/aromatic N) is 2. The van der Waals surface area contributed by atoms with Crippen LogP contribution in [0.5, 0.6) is 0 Å². The van der Waals surface area contributed by atoms with Crippen molar-refractivity contribution in [3.8, 4) is 0 Å². The number of carbonyl (C=O) groups excluding carboxylic acids is 1. The van der Waals surface area contributed by atoms with E-state index in [1.165, 1.54) is 22.0 Å². The summed E-state index contributed by atoms with van der Waals surface area (Å²) >= 11 is 0. The summed E-state index contributed by atoms with van der Waals surface area (Å²) in [6.45, 7) is 7.63. The SMILES string of the molecule is CCN(CCc1ccccc1)C(=O)c1ccc(S(=O)(=O)N(CC)CC)cc1. The van der Waals surface area contributed by atoms with Gasteiger partial charge >= 0.3 is 0 Å². The van der Waals surface area contributed by atoms with Crippen molar-refractivity contribution in [1.29, 1.82) is 0 Å². The number of likely N-dealkylation sites (N-methyl/N-ethyl adjacent to an activating group) is 1. The lowest BCUT2D eigenvalue weighted by Crippen LogP contribution is -2.33. The predicted octanol–water partition coefficient (Wildman–Crippen LogP) is 3.42. The Morgan fingerprint density at radius 2 is 1.44 bits per heavy atom. The zero-order valence-electron chi connectivity index (χ0n) is 16.3. The lowest BCUT2D eigenvalue weighted by molar-refractivity contribution is 0.0766. The van der Waals surface area contributed by atoms with Gasteiger partial charge in [-0.3, -0.25) is 4.79 Å². The summed E-state index contributed by atoms with van der Waals surface area (Å²) in [5, 5.41) is 0. The molecule has 5 nitrogen and oxygen atoms in total. The van der Waals surface area contributed by atoms with Crippen molar-refractivity contribution in [2.75, 3.05) is 26.2 Å². The number of hydrogen-bond acceptors (Lipinski definition) is 3. The minimum Gasteiger partial charge on any atom is -0.339 e. The van der Waals surface area contributed by atoms with Crippen molar-refractivity contribution in [1.82, 2.24) is 9.21 Å². The van der Waals surface area contributed by atoms with E-state index in [0.717, 1.165) is 6.42 Å². The molecule has 0 fully saturated rings. The Kier molecular flexibility index (Phi) is 7.56. The summed E-state index contributed by atoms with van der Waals surface area (Å²) in [6.07, 6.45) is 0.787. The molecule has 0 aliphatic heterocycles. The van der Waals surface area contributed by atoms with Crippen molar-refractivity contribution >= 4 is 15.9 Å². The van der Waals surface area contributed by atoms with Gasteiger partial charge in [0.1, 0.15) is 0 Å². The van der Waals surface area contributed by atoms with Gasteiger partial charge in [0, 0.05) is 31.7 Å². The molecule has 0 atom stereocenters. The first kappa shape index (κ1) is 21.1. The summed E-state index contributed by atoms with van der Waals surface area (Å²) in [7, 11) is -3.51. The fourth-order valence-corrected chi connectivity index (χ4v) is 4.43. The molecule has 6 heteroatoms. The molecule has 0 aliphatic carbocycles. The van der Waals surface area contributed by atoms with Gasteiger partial charge in [-0.2, -0.15) is 4.31 Å². The highest BCUT2D eigenvalue weighted by Gasteiger charge is 2.22. The van der Waals surface area contributed by atoms with E-state index >= 15 is 0 Å². The molecule has 0 radical (unpaired) electrons. The van der Waals surface area contributed by atoms with E-state index < -0.39 is 10.0 Å². The van der Waals surface area contributed by atoms with Crippen LogP contribution in [0.1, 0.15) is 36.7 Å². The van der Waals surface area contributed by atoms with Crippen LogP contribution in [0.15, 0.2) is 59.5 Å². The maximum atomic E-state index is 12.8. The number of amides is 1. The number of hydrogen-bond donors (Lipinski definition) is 0. The molecule has 0 saturated heterocycles. The fraction of sp³-hybridized carbons (Fsp3) is 0.381. The molecule has 2 aromatic rings. The highest BCUT2D eigenvalue weighted by Crippen LogP contribution is 2.17. The first-order chi connectivity index (χ1) is 12.9. The largest absolute Gasteiger partial charge is 0.339 e. The highest BCUT2D eigenvalue weighted by molar-refractivity contribution is 7.89. The summed E-state index contributed by atoms with van der Waals surface area (Å²) < 4.78 is 26.5. The molecular weight excluding hydrogens is 360 g/mol. The number of rotatable bonds is 9. The molecule has 0 spiro atoms. The van der Waals surface area contributed by atoms with Crippen LogP contribution in [-0.4, -0.2) is 49.7 Å². The van der Waals surface area contributed by atoms with Crippen LogP contribution in [0.4, 0.5) is 0 Å². The summed E-state index contributed by atoms with van der Waals surface area (Å²) in [6, 6.07) is 16.3. The van der Waals surface area contributed by atoms with E-state index in [0.29, 0.717) is 31.7 Å². The monoisotopic (exact) mass is 388 g/mol. The average Bonchev–Trinajstić information content (AvgIpc) is 2.70. The minimum atomic E-state index is -3.51. The van der Waals surface area contributed by atoms with Gasteiger partial charge < -0.3 is 4.90 Å². The maximum Gasteiger partial charge on any atom is 0.253 e. The van der Waals surface area contributed by atoms with E-state index in [1.807, 2.05) is 51.1 Å². The fourth-order valence-electron chi connectivity index (χ4n) is 2.98. The molecule has 2 rings (SSSR count). The zero-order chi connectivity index (χ0) is 19.9. The second kappa shape index (κ2) is 9.67. The molecule has 0 aliphatic rings. The first-order valence-electron chi connectivity index (χ1n) is 9.37. The van der Waals surface area contributed by atoms with Gasteiger partial charge in [-0.1, -0.05) is 44.2 Å². The van der Waals surface area contributed by atoms with E-state index in [9.17, 15) is 13.2 Å². The van der Waals surface area contributed by atoms with Crippen LogP contribution in [-0.2, 0) is 16.4 Å². The highest BCUT2D eigenvalue weighted by atomic mass is 32.2. The predicted molar refractivity (Wildman–Crippen MR) is 108 cm³/mol. The van der Waals surface area contributed by atoms with Crippen LogP contribution >= 0.6 is 0 Å². The van der Waals surface area contributed by atoms with Crippen molar-refractivity contribution in [3.63, 3.8) is 0 Å². The quantitative estimate of drug-likeness (QED) is 0.661. The molecule has 0 heterocycles. The van der Waals surface area contributed by atoms with Gasteiger partial charge in [0.05, 0.1) is 4.90 Å². The van der Waals surface area contributed by atoms with Gasteiger partial charge in [0.25, 0.3) is 5.91 Å².